The Bertz CT molecular complexity index is 1020. The molecule has 0 fully saturated rings. The van der Waals surface area contributed by atoms with Gasteiger partial charge in [-0.1, -0.05) is 227 Å². The molecule has 0 aliphatic carbocycles. The van der Waals surface area contributed by atoms with Crippen molar-refractivity contribution in [3.8, 4) is 0 Å². The molecule has 0 spiro atoms. The van der Waals surface area contributed by atoms with Gasteiger partial charge in [0.15, 0.2) is 0 Å². The average Bonchev–Trinajstić information content (AvgIpc) is 3.54. The summed E-state index contributed by atoms with van der Waals surface area (Å²) < 4.78 is 4.53. The van der Waals surface area contributed by atoms with Crippen LogP contribution in [0.5, 0.6) is 0 Å². The normalized spacial score (nSPS) is 11.5. The van der Waals surface area contributed by atoms with Gasteiger partial charge in [-0.05, 0) is 56.9 Å². The predicted octanol–water partition coefficient (Wildman–Crippen LogP) is 14.5. The van der Waals surface area contributed by atoms with Crippen LogP contribution in [0.3, 0.4) is 0 Å². The summed E-state index contributed by atoms with van der Waals surface area (Å²) in [5.41, 5.74) is 0.940. The van der Waals surface area contributed by atoms with Crippen LogP contribution in [0.25, 0.3) is 0 Å². The lowest BCUT2D eigenvalue weighted by atomic mass is 9.89. The molecule has 1 aliphatic rings. The average molecular weight is 831 g/mol. The van der Waals surface area contributed by atoms with Gasteiger partial charge in [0.25, 0.3) is 24.8 Å². The van der Waals surface area contributed by atoms with Crippen LogP contribution in [0.1, 0.15) is 254 Å². The molecule has 8 heteroatoms. The third-order valence-electron chi connectivity index (χ3n) is 11.4. The van der Waals surface area contributed by atoms with Crippen molar-refractivity contribution in [2.75, 3.05) is 26.2 Å². The summed E-state index contributed by atoms with van der Waals surface area (Å²) in [5, 5.41) is 9.09. The van der Waals surface area contributed by atoms with Crippen LogP contribution in [0.15, 0.2) is 24.3 Å². The number of nitrogens with one attached hydrogen (secondary N) is 1. The van der Waals surface area contributed by atoms with E-state index in [-0.39, 0.29) is 18.3 Å². The molecule has 344 valence electrons. The Morgan fingerprint density at radius 1 is 0.525 bits per heavy atom. The van der Waals surface area contributed by atoms with E-state index in [4.69, 9.17) is 9.90 Å². The van der Waals surface area contributed by atoms with Crippen molar-refractivity contribution in [1.82, 2.24) is 10.2 Å². The van der Waals surface area contributed by atoms with Crippen molar-refractivity contribution < 1.29 is 29.0 Å². The molecule has 2 N–H and O–H groups in total. The van der Waals surface area contributed by atoms with E-state index in [2.05, 4.69) is 49.6 Å². The highest BCUT2D eigenvalue weighted by Gasteiger charge is 2.25. The van der Waals surface area contributed by atoms with Gasteiger partial charge in [-0.3, -0.25) is 24.5 Å². The standard InChI is InChI=1S/C34H71N.C8H5NO2.C8H16O2.CH2O2/c1-5-9-12-15-19-24-29-34(30-25-20-16-13-10-6-2)31-26-21-18-23-28-33-35(8-4)32-27-22-17-14-11-7-3;10-7-5-3-1-2-4-6(5)8(11)9-7;1-2-3-4-5-6-7-10-8-9;2-1-3/h34H,5-33H2,1-4H3;1-4H,(H,9,10,11);8H,2-7H2,1H3;1H,(H,2,3). The fourth-order valence-electron chi connectivity index (χ4n) is 7.66. The van der Waals surface area contributed by atoms with Crippen LogP contribution in [-0.2, 0) is 14.3 Å². The van der Waals surface area contributed by atoms with Gasteiger partial charge in [0, 0.05) is 0 Å². The van der Waals surface area contributed by atoms with Crippen LogP contribution >= 0.6 is 0 Å². The molecule has 0 unspecified atom stereocenters. The van der Waals surface area contributed by atoms with E-state index in [1.807, 2.05) is 0 Å². The molecule has 0 atom stereocenters. The van der Waals surface area contributed by atoms with Crippen molar-refractivity contribution in [2.45, 2.75) is 234 Å². The van der Waals surface area contributed by atoms with E-state index < -0.39 is 0 Å². The molecule has 1 aromatic carbocycles. The number of fused-ring (bicyclic) bond motifs is 1. The van der Waals surface area contributed by atoms with Crippen LogP contribution in [0, 0.1) is 5.92 Å². The summed E-state index contributed by atoms with van der Waals surface area (Å²) in [5.74, 6) is 0.427. The Morgan fingerprint density at radius 3 is 1.19 bits per heavy atom. The Kier molecular flexibility index (Phi) is 47.4. The molecule has 1 aromatic rings. The Hall–Kier alpha value is -2.74. The van der Waals surface area contributed by atoms with Gasteiger partial charge in [0.1, 0.15) is 0 Å². The number of carboxylic acid groups (broad SMARTS) is 1. The molecule has 2 amide bonds. The summed E-state index contributed by atoms with van der Waals surface area (Å²) in [6.07, 6.45) is 43.9. The van der Waals surface area contributed by atoms with E-state index in [1.165, 1.54) is 212 Å². The van der Waals surface area contributed by atoms with Gasteiger partial charge >= 0.3 is 0 Å². The zero-order valence-electron chi connectivity index (χ0n) is 39.2. The highest BCUT2D eigenvalue weighted by atomic mass is 16.5. The maximum absolute atomic E-state index is 10.9. The first-order valence-electron chi connectivity index (χ1n) is 24.7. The molecule has 1 aliphatic heterocycles. The molecule has 59 heavy (non-hydrogen) atoms. The summed E-state index contributed by atoms with van der Waals surface area (Å²) >= 11 is 0. The fraction of sp³-hybridized carbons (Fsp3) is 0.804. The highest BCUT2D eigenvalue weighted by Crippen LogP contribution is 2.25. The van der Waals surface area contributed by atoms with Gasteiger partial charge in [-0.15, -0.1) is 0 Å². The first kappa shape index (κ1) is 58.4. The number of nitrogens with zero attached hydrogens (tertiary/aromatic N) is 1. The smallest absolute Gasteiger partial charge is 0.293 e. The number of benzene rings is 1. The van der Waals surface area contributed by atoms with Gasteiger partial charge in [-0.2, -0.15) is 0 Å². The minimum Gasteiger partial charge on any atom is -0.483 e. The fourth-order valence-corrected chi connectivity index (χ4v) is 7.66. The number of imide groups is 1. The van der Waals surface area contributed by atoms with Gasteiger partial charge in [-0.25, -0.2) is 0 Å². The third-order valence-corrected chi connectivity index (χ3v) is 11.4. The number of carbonyl (C=O) groups is 4. The van der Waals surface area contributed by atoms with Gasteiger partial charge in [0.2, 0.25) is 0 Å². The van der Waals surface area contributed by atoms with E-state index in [9.17, 15) is 14.4 Å². The number of amides is 2. The Balaban J connectivity index is 0. The Labute approximate surface area is 364 Å². The summed E-state index contributed by atoms with van der Waals surface area (Å²) in [4.78, 5) is 42.6. The van der Waals surface area contributed by atoms with E-state index in [0.29, 0.717) is 24.2 Å². The van der Waals surface area contributed by atoms with Crippen molar-refractivity contribution in [3.63, 3.8) is 0 Å². The molecular formula is C51H94N2O6. The first-order valence-corrected chi connectivity index (χ1v) is 24.7. The molecule has 0 aromatic heterocycles. The monoisotopic (exact) mass is 831 g/mol. The zero-order valence-corrected chi connectivity index (χ0v) is 39.2. The summed E-state index contributed by atoms with van der Waals surface area (Å²) in [6, 6.07) is 6.74. The number of rotatable bonds is 37. The molecule has 0 radical (unpaired) electrons. The molecule has 1 heterocycles. The molecule has 2 rings (SSSR count). The minimum atomic E-state index is -0.300. The molecule has 0 saturated heterocycles. The van der Waals surface area contributed by atoms with Crippen LogP contribution in [0.4, 0.5) is 0 Å². The molecule has 0 saturated carbocycles. The lowest BCUT2D eigenvalue weighted by Crippen LogP contribution is -2.25. The maximum Gasteiger partial charge on any atom is 0.293 e. The minimum absolute atomic E-state index is 0.250. The number of carbonyl (C=O) groups excluding carboxylic acids is 3. The lowest BCUT2D eigenvalue weighted by Gasteiger charge is -2.20. The number of hydrogen-bond acceptors (Lipinski definition) is 6. The van der Waals surface area contributed by atoms with Crippen molar-refractivity contribution in [2.24, 2.45) is 5.92 Å². The second-order valence-electron chi connectivity index (χ2n) is 16.6. The molecular weight excluding hydrogens is 737 g/mol. The second kappa shape index (κ2) is 47.9. The first-order chi connectivity index (χ1) is 28.9. The molecule has 8 nitrogen and oxygen atoms in total. The second-order valence-corrected chi connectivity index (χ2v) is 16.6. The highest BCUT2D eigenvalue weighted by molar-refractivity contribution is 6.21. The SMILES string of the molecule is CCCCCCCCC(CCCCCCCC)CCCCCCCN(CC)CCCCCCCC.CCCCCCCOC=O.O=C1NC(=O)c2ccccc21.O=CO. The van der Waals surface area contributed by atoms with Crippen molar-refractivity contribution in [1.29, 1.82) is 0 Å². The van der Waals surface area contributed by atoms with Crippen LogP contribution < -0.4 is 5.32 Å². The van der Waals surface area contributed by atoms with Crippen molar-refractivity contribution in [3.05, 3.63) is 35.4 Å². The molecule has 0 bridgehead atoms. The quantitative estimate of drug-likeness (QED) is 0.0390. The van der Waals surface area contributed by atoms with Gasteiger partial charge in [0.05, 0.1) is 17.7 Å². The Morgan fingerprint density at radius 2 is 0.847 bits per heavy atom. The summed E-state index contributed by atoms with van der Waals surface area (Å²) in [7, 11) is 0. The predicted molar refractivity (Wildman–Crippen MR) is 250 cm³/mol. The van der Waals surface area contributed by atoms with Crippen LogP contribution in [-0.4, -0.2) is 61.0 Å². The number of hydrogen-bond donors (Lipinski definition) is 2. The van der Waals surface area contributed by atoms with Gasteiger partial charge < -0.3 is 14.7 Å². The third kappa shape index (κ3) is 39.2. The largest absolute Gasteiger partial charge is 0.483 e. The van der Waals surface area contributed by atoms with E-state index >= 15 is 0 Å². The lowest BCUT2D eigenvalue weighted by molar-refractivity contribution is -0.128. The van der Waals surface area contributed by atoms with E-state index in [0.717, 1.165) is 12.3 Å². The van der Waals surface area contributed by atoms with E-state index in [1.54, 1.807) is 24.3 Å². The van der Waals surface area contributed by atoms with Crippen molar-refractivity contribution >= 4 is 24.8 Å². The zero-order chi connectivity index (χ0) is 43.9. The number of ether oxygens (including phenoxy) is 1. The summed E-state index contributed by atoms with van der Waals surface area (Å²) in [6.45, 7) is 16.3. The topological polar surface area (TPSA) is 113 Å². The van der Waals surface area contributed by atoms with Crippen LogP contribution in [0.2, 0.25) is 0 Å². The maximum atomic E-state index is 10.9. The number of unbranched alkanes of at least 4 members (excludes halogenated alkanes) is 23.